The Hall–Kier alpha value is -0.640. The van der Waals surface area contributed by atoms with E-state index in [1.807, 2.05) is 0 Å². The van der Waals surface area contributed by atoms with Gasteiger partial charge in [-0.2, -0.15) is 0 Å². The number of thiophene rings is 1. The minimum absolute atomic E-state index is 0.0174. The maximum Gasteiger partial charge on any atom is 0.0649 e. The average molecular weight is 296 g/mol. The SMILES string of the molecule is Cc1ccc(C)c(C(N)c2cc(Br)cs2)c1. The molecule has 16 heavy (non-hydrogen) atoms. The fourth-order valence-corrected chi connectivity index (χ4v) is 3.20. The molecule has 0 aliphatic rings. The predicted octanol–water partition coefficient (Wildman–Crippen LogP) is 4.18. The Balaban J connectivity index is 2.40. The van der Waals surface area contributed by atoms with Gasteiger partial charge in [0.2, 0.25) is 0 Å². The third-order valence-corrected chi connectivity index (χ3v) is 4.44. The Kier molecular flexibility index (Phi) is 3.47. The van der Waals surface area contributed by atoms with E-state index in [2.05, 4.69) is 59.4 Å². The number of hydrogen-bond acceptors (Lipinski definition) is 2. The molecule has 0 saturated carbocycles. The van der Waals surface area contributed by atoms with Crippen molar-refractivity contribution >= 4 is 27.3 Å². The second kappa shape index (κ2) is 4.70. The quantitative estimate of drug-likeness (QED) is 0.884. The molecule has 2 rings (SSSR count). The normalized spacial score (nSPS) is 12.8. The summed E-state index contributed by atoms with van der Waals surface area (Å²) >= 11 is 5.16. The summed E-state index contributed by atoms with van der Waals surface area (Å²) in [6, 6.07) is 8.50. The first kappa shape index (κ1) is 11.8. The largest absolute Gasteiger partial charge is 0.320 e. The lowest BCUT2D eigenvalue weighted by atomic mass is 9.98. The summed E-state index contributed by atoms with van der Waals surface area (Å²) in [7, 11) is 0. The van der Waals surface area contributed by atoms with Crippen LogP contribution in [0.4, 0.5) is 0 Å². The Morgan fingerprint density at radius 3 is 2.62 bits per heavy atom. The van der Waals surface area contributed by atoms with Gasteiger partial charge in [-0.25, -0.2) is 0 Å². The Bertz CT molecular complexity index is 504. The summed E-state index contributed by atoms with van der Waals surface area (Å²) < 4.78 is 1.10. The van der Waals surface area contributed by atoms with E-state index in [0.717, 1.165) is 4.47 Å². The van der Waals surface area contributed by atoms with Crippen LogP contribution in [0.3, 0.4) is 0 Å². The highest BCUT2D eigenvalue weighted by molar-refractivity contribution is 9.10. The monoisotopic (exact) mass is 295 g/mol. The van der Waals surface area contributed by atoms with Crippen LogP contribution in [0.25, 0.3) is 0 Å². The molecule has 2 N–H and O–H groups in total. The van der Waals surface area contributed by atoms with Crippen molar-refractivity contribution in [2.45, 2.75) is 19.9 Å². The van der Waals surface area contributed by atoms with Crippen molar-refractivity contribution in [2.24, 2.45) is 5.73 Å². The van der Waals surface area contributed by atoms with Gasteiger partial charge in [0.25, 0.3) is 0 Å². The number of nitrogens with two attached hydrogens (primary N) is 1. The van der Waals surface area contributed by atoms with Gasteiger partial charge in [0.1, 0.15) is 0 Å². The molecule has 84 valence electrons. The highest BCUT2D eigenvalue weighted by Gasteiger charge is 2.13. The molecule has 1 unspecified atom stereocenters. The van der Waals surface area contributed by atoms with Crippen LogP contribution < -0.4 is 5.73 Å². The summed E-state index contributed by atoms with van der Waals surface area (Å²) in [5.74, 6) is 0. The smallest absolute Gasteiger partial charge is 0.0649 e. The van der Waals surface area contributed by atoms with Crippen molar-refractivity contribution in [3.05, 3.63) is 55.7 Å². The van der Waals surface area contributed by atoms with Crippen LogP contribution in [-0.2, 0) is 0 Å². The lowest BCUT2D eigenvalue weighted by molar-refractivity contribution is 0.880. The molecule has 0 saturated heterocycles. The molecular weight excluding hydrogens is 282 g/mol. The second-order valence-electron chi connectivity index (χ2n) is 4.01. The van der Waals surface area contributed by atoms with Crippen molar-refractivity contribution in [2.75, 3.05) is 0 Å². The maximum atomic E-state index is 6.29. The van der Waals surface area contributed by atoms with Crippen LogP contribution in [0.1, 0.15) is 27.6 Å². The summed E-state index contributed by atoms with van der Waals surface area (Å²) in [6.45, 7) is 4.21. The fourth-order valence-electron chi connectivity index (χ4n) is 1.74. The zero-order valence-corrected chi connectivity index (χ0v) is 11.7. The van der Waals surface area contributed by atoms with E-state index in [1.165, 1.54) is 21.6 Å². The molecule has 0 amide bonds. The highest BCUT2D eigenvalue weighted by Crippen LogP contribution is 2.30. The number of rotatable bonds is 2. The van der Waals surface area contributed by atoms with Crippen LogP contribution >= 0.6 is 27.3 Å². The van der Waals surface area contributed by atoms with E-state index in [9.17, 15) is 0 Å². The molecule has 1 aromatic heterocycles. The van der Waals surface area contributed by atoms with Crippen molar-refractivity contribution < 1.29 is 0 Å². The van der Waals surface area contributed by atoms with Gasteiger partial charge >= 0.3 is 0 Å². The number of benzene rings is 1. The molecular formula is C13H14BrNS. The van der Waals surface area contributed by atoms with E-state index in [1.54, 1.807) is 11.3 Å². The molecule has 1 aromatic carbocycles. The molecule has 0 bridgehead atoms. The minimum atomic E-state index is -0.0174. The number of aryl methyl sites for hydroxylation is 2. The average Bonchev–Trinajstić information content (AvgIpc) is 2.67. The summed E-state index contributed by atoms with van der Waals surface area (Å²) in [5.41, 5.74) is 10.0. The van der Waals surface area contributed by atoms with Gasteiger partial charge in [-0.15, -0.1) is 11.3 Å². The minimum Gasteiger partial charge on any atom is -0.320 e. The predicted molar refractivity (Wildman–Crippen MR) is 74.0 cm³/mol. The van der Waals surface area contributed by atoms with Crippen LogP contribution in [-0.4, -0.2) is 0 Å². The van der Waals surface area contributed by atoms with Crippen molar-refractivity contribution in [3.63, 3.8) is 0 Å². The van der Waals surface area contributed by atoms with E-state index < -0.39 is 0 Å². The zero-order valence-electron chi connectivity index (χ0n) is 9.33. The maximum absolute atomic E-state index is 6.29. The first-order valence-corrected chi connectivity index (χ1v) is 6.82. The molecule has 0 radical (unpaired) electrons. The standard InChI is InChI=1S/C13H14BrNS/c1-8-3-4-9(2)11(5-8)13(15)12-6-10(14)7-16-12/h3-7,13H,15H2,1-2H3. The van der Waals surface area contributed by atoms with Crippen LogP contribution in [0.5, 0.6) is 0 Å². The van der Waals surface area contributed by atoms with Gasteiger partial charge in [0.05, 0.1) is 6.04 Å². The van der Waals surface area contributed by atoms with Gasteiger partial charge in [-0.1, -0.05) is 23.8 Å². The molecule has 0 fully saturated rings. The van der Waals surface area contributed by atoms with Gasteiger partial charge in [0.15, 0.2) is 0 Å². The topological polar surface area (TPSA) is 26.0 Å². The van der Waals surface area contributed by atoms with Crippen LogP contribution in [0.15, 0.2) is 34.1 Å². The summed E-state index contributed by atoms with van der Waals surface area (Å²) in [4.78, 5) is 1.19. The molecule has 1 atom stereocenters. The highest BCUT2D eigenvalue weighted by atomic mass is 79.9. The van der Waals surface area contributed by atoms with Gasteiger partial charge in [-0.05, 0) is 47.0 Å². The second-order valence-corrected chi connectivity index (χ2v) is 5.86. The lowest BCUT2D eigenvalue weighted by Crippen LogP contribution is -2.11. The Labute approximate surface area is 108 Å². The number of hydrogen-bond donors (Lipinski definition) is 1. The van der Waals surface area contributed by atoms with E-state index in [4.69, 9.17) is 5.73 Å². The summed E-state index contributed by atoms with van der Waals surface area (Å²) in [5, 5.41) is 2.07. The third-order valence-electron chi connectivity index (χ3n) is 2.66. The van der Waals surface area contributed by atoms with Crippen molar-refractivity contribution in [1.82, 2.24) is 0 Å². The molecule has 2 aromatic rings. The molecule has 0 aliphatic heterocycles. The number of halogens is 1. The molecule has 1 heterocycles. The fraction of sp³-hybridized carbons (Fsp3) is 0.231. The third kappa shape index (κ3) is 2.37. The summed E-state index contributed by atoms with van der Waals surface area (Å²) in [6.07, 6.45) is 0. The van der Waals surface area contributed by atoms with Gasteiger partial charge in [0, 0.05) is 14.7 Å². The van der Waals surface area contributed by atoms with Crippen LogP contribution in [0, 0.1) is 13.8 Å². The molecule has 0 aliphatic carbocycles. The first-order chi connectivity index (χ1) is 7.58. The zero-order chi connectivity index (χ0) is 11.7. The van der Waals surface area contributed by atoms with Crippen LogP contribution in [0.2, 0.25) is 0 Å². The van der Waals surface area contributed by atoms with E-state index in [-0.39, 0.29) is 6.04 Å². The Morgan fingerprint density at radius 1 is 1.25 bits per heavy atom. The molecule has 0 spiro atoms. The molecule has 1 nitrogen and oxygen atoms in total. The molecule has 3 heteroatoms. The van der Waals surface area contributed by atoms with Crippen molar-refractivity contribution in [3.8, 4) is 0 Å². The van der Waals surface area contributed by atoms with E-state index in [0.29, 0.717) is 0 Å². The van der Waals surface area contributed by atoms with E-state index >= 15 is 0 Å². The lowest BCUT2D eigenvalue weighted by Gasteiger charge is -2.13. The Morgan fingerprint density at radius 2 is 2.00 bits per heavy atom. The van der Waals surface area contributed by atoms with Gasteiger partial charge < -0.3 is 5.73 Å². The van der Waals surface area contributed by atoms with Crippen molar-refractivity contribution in [1.29, 1.82) is 0 Å². The van der Waals surface area contributed by atoms with Gasteiger partial charge in [-0.3, -0.25) is 0 Å². The first-order valence-electron chi connectivity index (χ1n) is 5.14.